The minimum absolute atomic E-state index is 0.152. The van der Waals surface area contributed by atoms with Crippen molar-refractivity contribution in [3.63, 3.8) is 0 Å². The molecule has 0 aliphatic rings. The summed E-state index contributed by atoms with van der Waals surface area (Å²) in [6, 6.07) is -0.152. The third kappa shape index (κ3) is 3.62. The van der Waals surface area contributed by atoms with Crippen LogP contribution in [0.1, 0.15) is 33.6 Å². The molecule has 0 heterocycles. The lowest BCUT2D eigenvalue weighted by Gasteiger charge is -2.22. The molecule has 84 valence electrons. The normalized spacial score (nSPS) is 12.7. The highest BCUT2D eigenvalue weighted by atomic mass is 16.4. The molecule has 1 amide bonds. The Hall–Kier alpha value is -1.50. The average molecular weight is 211 g/mol. The highest BCUT2D eigenvalue weighted by Crippen LogP contribution is 2.16. The fourth-order valence-corrected chi connectivity index (χ4v) is 0.903. The second-order valence-electron chi connectivity index (χ2n) is 3.92. The number of carboxylic acid groups (broad SMARTS) is 1. The zero-order valence-electron chi connectivity index (χ0n) is 9.33. The summed E-state index contributed by atoms with van der Waals surface area (Å²) in [4.78, 5) is 22.4. The Kier molecular flexibility index (Phi) is 4.86. The molecule has 2 N–H and O–H groups in total. The van der Waals surface area contributed by atoms with Gasteiger partial charge in [0.25, 0.3) is 0 Å². The summed E-state index contributed by atoms with van der Waals surface area (Å²) in [5.41, 5.74) is -1.41. The third-order valence-electron chi connectivity index (χ3n) is 2.29. The van der Waals surface area contributed by atoms with E-state index in [4.69, 9.17) is 11.5 Å². The zero-order chi connectivity index (χ0) is 12.1. The molecule has 1 unspecified atom stereocenters. The van der Waals surface area contributed by atoms with E-state index in [0.717, 1.165) is 0 Å². The summed E-state index contributed by atoms with van der Waals surface area (Å²) in [6.45, 7) is 4.62. The van der Waals surface area contributed by atoms with Gasteiger partial charge in [-0.1, -0.05) is 6.92 Å². The second-order valence-corrected chi connectivity index (χ2v) is 3.92. The Morgan fingerprint density at radius 1 is 1.53 bits per heavy atom. The molecule has 0 spiro atoms. The molecule has 0 aromatic carbocycles. The molecule has 0 aliphatic heterocycles. The maximum absolute atomic E-state index is 11.6. The van der Waals surface area contributed by atoms with Gasteiger partial charge in [-0.15, -0.1) is 12.3 Å². The van der Waals surface area contributed by atoms with Gasteiger partial charge < -0.3 is 10.4 Å². The van der Waals surface area contributed by atoms with Gasteiger partial charge in [0.1, 0.15) is 5.41 Å². The summed E-state index contributed by atoms with van der Waals surface area (Å²) in [5, 5.41) is 11.5. The standard InChI is InChI=1S/C11H17NO3/c1-5-7-8(6-2)12-9(13)11(3,4)10(14)15/h1,8H,6-7H2,2-4H3,(H,12,13)(H,14,15). The van der Waals surface area contributed by atoms with Crippen LogP contribution in [0, 0.1) is 17.8 Å². The quantitative estimate of drug-likeness (QED) is 0.527. The van der Waals surface area contributed by atoms with Crippen LogP contribution < -0.4 is 5.32 Å². The number of carbonyl (C=O) groups is 2. The number of terminal acetylenes is 1. The Labute approximate surface area is 90.1 Å². The van der Waals surface area contributed by atoms with Crippen LogP contribution in [-0.2, 0) is 9.59 Å². The number of nitrogens with one attached hydrogen (secondary N) is 1. The van der Waals surface area contributed by atoms with Crippen LogP contribution in [0.5, 0.6) is 0 Å². The number of rotatable bonds is 5. The highest BCUT2D eigenvalue weighted by molar-refractivity contribution is 6.01. The van der Waals surface area contributed by atoms with Gasteiger partial charge in [0.15, 0.2) is 0 Å². The molecule has 0 saturated heterocycles. The smallest absolute Gasteiger partial charge is 0.318 e. The first-order chi connectivity index (χ1) is 6.86. The van der Waals surface area contributed by atoms with E-state index >= 15 is 0 Å². The van der Waals surface area contributed by atoms with Crippen molar-refractivity contribution in [2.24, 2.45) is 5.41 Å². The first kappa shape index (κ1) is 13.5. The zero-order valence-corrected chi connectivity index (χ0v) is 9.33. The second kappa shape index (κ2) is 5.40. The Bertz CT molecular complexity index is 289. The molecule has 15 heavy (non-hydrogen) atoms. The Morgan fingerprint density at radius 3 is 2.40 bits per heavy atom. The van der Waals surface area contributed by atoms with E-state index in [0.29, 0.717) is 12.8 Å². The van der Waals surface area contributed by atoms with Crippen LogP contribution in [0.2, 0.25) is 0 Å². The maximum Gasteiger partial charge on any atom is 0.318 e. The number of carboxylic acids is 1. The Morgan fingerprint density at radius 2 is 2.07 bits per heavy atom. The monoisotopic (exact) mass is 211 g/mol. The average Bonchev–Trinajstić information content (AvgIpc) is 2.16. The van der Waals surface area contributed by atoms with Crippen molar-refractivity contribution < 1.29 is 14.7 Å². The van der Waals surface area contributed by atoms with Crippen LogP contribution in [0.15, 0.2) is 0 Å². The minimum atomic E-state index is -1.41. The summed E-state index contributed by atoms with van der Waals surface area (Å²) < 4.78 is 0. The fourth-order valence-electron chi connectivity index (χ4n) is 0.903. The molecule has 0 aromatic rings. The van der Waals surface area contributed by atoms with Crippen molar-refractivity contribution >= 4 is 11.9 Å². The van der Waals surface area contributed by atoms with E-state index in [1.54, 1.807) is 0 Å². The number of carbonyl (C=O) groups excluding carboxylic acids is 1. The predicted octanol–water partition coefficient (Wildman–Crippen LogP) is 1.02. The summed E-state index contributed by atoms with van der Waals surface area (Å²) >= 11 is 0. The minimum Gasteiger partial charge on any atom is -0.480 e. The van der Waals surface area contributed by atoms with Gasteiger partial charge >= 0.3 is 5.97 Å². The van der Waals surface area contributed by atoms with Crippen LogP contribution >= 0.6 is 0 Å². The molecule has 0 aromatic heterocycles. The van der Waals surface area contributed by atoms with Crippen molar-refractivity contribution in [2.75, 3.05) is 0 Å². The molecule has 0 fully saturated rings. The topological polar surface area (TPSA) is 66.4 Å². The molecule has 0 rings (SSSR count). The van der Waals surface area contributed by atoms with Crippen molar-refractivity contribution in [3.05, 3.63) is 0 Å². The summed E-state index contributed by atoms with van der Waals surface area (Å²) in [7, 11) is 0. The third-order valence-corrected chi connectivity index (χ3v) is 2.29. The van der Waals surface area contributed by atoms with Gasteiger partial charge in [-0.05, 0) is 20.3 Å². The van der Waals surface area contributed by atoms with Gasteiger partial charge in [0.2, 0.25) is 5.91 Å². The number of aliphatic carboxylic acids is 1. The van der Waals surface area contributed by atoms with Gasteiger partial charge in [-0.25, -0.2) is 0 Å². The highest BCUT2D eigenvalue weighted by Gasteiger charge is 2.36. The SMILES string of the molecule is C#CCC(CC)NC(=O)C(C)(C)C(=O)O. The van der Waals surface area contributed by atoms with Crippen molar-refractivity contribution in [1.82, 2.24) is 5.32 Å². The van der Waals surface area contributed by atoms with Gasteiger partial charge in [-0.2, -0.15) is 0 Å². The van der Waals surface area contributed by atoms with Crippen molar-refractivity contribution in [3.8, 4) is 12.3 Å². The molecule has 0 radical (unpaired) electrons. The van der Waals surface area contributed by atoms with E-state index in [1.807, 2.05) is 6.92 Å². The number of hydrogen-bond donors (Lipinski definition) is 2. The molecular formula is C11H17NO3. The van der Waals surface area contributed by atoms with Gasteiger partial charge in [0.05, 0.1) is 0 Å². The van der Waals surface area contributed by atoms with Crippen LogP contribution in [0.3, 0.4) is 0 Å². The lowest BCUT2D eigenvalue weighted by Crippen LogP contribution is -2.46. The van der Waals surface area contributed by atoms with E-state index in [2.05, 4.69) is 11.2 Å². The molecule has 4 nitrogen and oxygen atoms in total. The van der Waals surface area contributed by atoms with E-state index in [-0.39, 0.29) is 6.04 Å². The van der Waals surface area contributed by atoms with E-state index in [9.17, 15) is 9.59 Å². The lowest BCUT2D eigenvalue weighted by molar-refractivity contribution is -0.153. The van der Waals surface area contributed by atoms with Crippen LogP contribution in [0.25, 0.3) is 0 Å². The first-order valence-corrected chi connectivity index (χ1v) is 4.84. The first-order valence-electron chi connectivity index (χ1n) is 4.84. The molecule has 0 bridgehead atoms. The molecule has 0 aliphatic carbocycles. The van der Waals surface area contributed by atoms with E-state index in [1.165, 1.54) is 13.8 Å². The van der Waals surface area contributed by atoms with Crippen LogP contribution in [-0.4, -0.2) is 23.0 Å². The Balaban J connectivity index is 4.48. The van der Waals surface area contributed by atoms with Gasteiger partial charge in [-0.3, -0.25) is 9.59 Å². The molecular weight excluding hydrogens is 194 g/mol. The number of amides is 1. The van der Waals surface area contributed by atoms with Crippen LogP contribution in [0.4, 0.5) is 0 Å². The molecule has 4 heteroatoms. The van der Waals surface area contributed by atoms with Crippen molar-refractivity contribution in [2.45, 2.75) is 39.7 Å². The summed E-state index contributed by atoms with van der Waals surface area (Å²) in [5.74, 6) is 0.797. The van der Waals surface area contributed by atoms with Crippen molar-refractivity contribution in [1.29, 1.82) is 0 Å². The lowest BCUT2D eigenvalue weighted by atomic mass is 9.92. The summed E-state index contributed by atoms with van der Waals surface area (Å²) in [6.07, 6.45) is 6.23. The fraction of sp³-hybridized carbons (Fsp3) is 0.636. The molecule has 1 atom stereocenters. The molecule has 0 saturated carbocycles. The van der Waals surface area contributed by atoms with Gasteiger partial charge in [0, 0.05) is 12.5 Å². The number of hydrogen-bond acceptors (Lipinski definition) is 2. The predicted molar refractivity (Wildman–Crippen MR) is 57.1 cm³/mol. The maximum atomic E-state index is 11.6. The largest absolute Gasteiger partial charge is 0.480 e. The van der Waals surface area contributed by atoms with E-state index < -0.39 is 17.3 Å².